The van der Waals surface area contributed by atoms with Crippen molar-refractivity contribution < 1.29 is 9.53 Å². The second-order valence-corrected chi connectivity index (χ2v) is 7.09. The summed E-state index contributed by atoms with van der Waals surface area (Å²) >= 11 is 1.68. The van der Waals surface area contributed by atoms with Crippen molar-refractivity contribution in [2.75, 3.05) is 20.2 Å². The van der Waals surface area contributed by atoms with Crippen molar-refractivity contribution in [2.24, 2.45) is 4.99 Å². The molecule has 0 aliphatic rings. The summed E-state index contributed by atoms with van der Waals surface area (Å²) < 4.78 is 4.91. The first kappa shape index (κ1) is 25.1. The number of ether oxygens (including phenoxy) is 1. The minimum atomic E-state index is -0.0898. The van der Waals surface area contributed by atoms with Crippen molar-refractivity contribution in [1.82, 2.24) is 15.6 Å². The Bertz CT molecular complexity index is 535. The van der Waals surface area contributed by atoms with Crippen LogP contribution in [0.5, 0.6) is 0 Å². The quantitative estimate of drug-likeness (QED) is 0.159. The van der Waals surface area contributed by atoms with E-state index in [1.54, 1.807) is 18.4 Å². The van der Waals surface area contributed by atoms with E-state index in [1.165, 1.54) is 0 Å². The number of thiazole rings is 1. The molecule has 1 heterocycles. The van der Waals surface area contributed by atoms with Crippen LogP contribution >= 0.6 is 35.3 Å². The Hall–Kier alpha value is -0.900. The second kappa shape index (κ2) is 15.2. The largest absolute Gasteiger partial charge is 0.466 e. The lowest BCUT2D eigenvalue weighted by Crippen LogP contribution is -2.37. The molecule has 2 N–H and O–H groups in total. The average Bonchev–Trinajstić information content (AvgIpc) is 3.06. The van der Waals surface area contributed by atoms with Crippen molar-refractivity contribution in [3.63, 3.8) is 0 Å². The normalized spacial score (nSPS) is 11.2. The fraction of sp³-hybridized carbons (Fsp3) is 0.722. The van der Waals surface area contributed by atoms with Gasteiger partial charge in [-0.2, -0.15) is 0 Å². The van der Waals surface area contributed by atoms with E-state index >= 15 is 0 Å². The van der Waals surface area contributed by atoms with Crippen molar-refractivity contribution in [3.05, 3.63) is 16.1 Å². The van der Waals surface area contributed by atoms with E-state index in [0.717, 1.165) is 48.9 Å². The number of hydrogen-bond donors (Lipinski definition) is 2. The standard InChI is InChI=1S/C18H32N4O2S.HI/c1-5-24-17(23)10-8-6-7-9-11-20-18(19-4)21-12-16-22-15(13-25-16)14(2)3;/h13-14H,5-12H2,1-4H3,(H2,19,20,21);1H. The Kier molecular flexibility index (Phi) is 14.7. The summed E-state index contributed by atoms with van der Waals surface area (Å²) in [6.07, 6.45) is 4.61. The van der Waals surface area contributed by atoms with Crippen LogP contribution in [0.2, 0.25) is 0 Å². The number of carbonyl (C=O) groups excluding carboxylic acids is 1. The van der Waals surface area contributed by atoms with E-state index in [2.05, 4.69) is 39.8 Å². The molecule has 0 radical (unpaired) electrons. The topological polar surface area (TPSA) is 75.6 Å². The number of carbonyl (C=O) groups is 1. The molecular weight excluding hydrogens is 463 g/mol. The zero-order chi connectivity index (χ0) is 18.5. The van der Waals surface area contributed by atoms with Crippen LogP contribution in [0.3, 0.4) is 0 Å². The first-order valence-corrected chi connectivity index (χ1v) is 9.99. The van der Waals surface area contributed by atoms with E-state index in [4.69, 9.17) is 4.74 Å². The molecule has 0 fully saturated rings. The van der Waals surface area contributed by atoms with Gasteiger partial charge in [-0.1, -0.05) is 26.7 Å². The van der Waals surface area contributed by atoms with E-state index in [-0.39, 0.29) is 29.9 Å². The van der Waals surface area contributed by atoms with Crippen molar-refractivity contribution in [3.8, 4) is 0 Å². The molecule has 0 saturated carbocycles. The smallest absolute Gasteiger partial charge is 0.305 e. The number of aromatic nitrogens is 1. The Morgan fingerprint density at radius 2 is 2.00 bits per heavy atom. The molecule has 1 rings (SSSR count). The van der Waals surface area contributed by atoms with Gasteiger partial charge in [0.05, 0.1) is 18.8 Å². The number of rotatable bonds is 11. The number of aliphatic imine (C=N–C) groups is 1. The van der Waals surface area contributed by atoms with Crippen LogP contribution in [0.1, 0.15) is 69.5 Å². The van der Waals surface area contributed by atoms with Gasteiger partial charge >= 0.3 is 5.97 Å². The molecule has 1 aromatic rings. The van der Waals surface area contributed by atoms with Crippen LogP contribution in [0, 0.1) is 0 Å². The fourth-order valence-electron chi connectivity index (χ4n) is 2.24. The van der Waals surface area contributed by atoms with Crippen LogP contribution in [0.4, 0.5) is 0 Å². The molecule has 8 heteroatoms. The summed E-state index contributed by atoms with van der Waals surface area (Å²) in [5.41, 5.74) is 1.15. The summed E-state index contributed by atoms with van der Waals surface area (Å²) in [7, 11) is 1.77. The molecule has 0 unspecified atom stereocenters. The molecule has 0 spiro atoms. The van der Waals surface area contributed by atoms with Gasteiger partial charge in [0, 0.05) is 25.4 Å². The molecular formula is C18H33IN4O2S. The Morgan fingerprint density at radius 1 is 1.27 bits per heavy atom. The zero-order valence-corrected chi connectivity index (χ0v) is 19.5. The van der Waals surface area contributed by atoms with Crippen LogP contribution in [-0.4, -0.2) is 37.1 Å². The lowest BCUT2D eigenvalue weighted by Gasteiger charge is -2.10. The predicted molar refractivity (Wildman–Crippen MR) is 120 cm³/mol. The number of guanidine groups is 1. The van der Waals surface area contributed by atoms with E-state index in [9.17, 15) is 4.79 Å². The maximum Gasteiger partial charge on any atom is 0.305 e. The van der Waals surface area contributed by atoms with Gasteiger partial charge in [-0.05, 0) is 25.7 Å². The number of hydrogen-bond acceptors (Lipinski definition) is 5. The summed E-state index contributed by atoms with van der Waals surface area (Å²) in [4.78, 5) is 20.1. The molecule has 0 atom stereocenters. The maximum atomic E-state index is 11.2. The Labute approximate surface area is 178 Å². The lowest BCUT2D eigenvalue weighted by molar-refractivity contribution is -0.143. The third-order valence-corrected chi connectivity index (χ3v) is 4.56. The molecule has 0 aromatic carbocycles. The summed E-state index contributed by atoms with van der Waals surface area (Å²) in [5, 5.41) is 9.80. The fourth-order valence-corrected chi connectivity index (χ4v) is 3.13. The highest BCUT2D eigenvalue weighted by Gasteiger charge is 2.06. The monoisotopic (exact) mass is 496 g/mol. The number of unbranched alkanes of at least 4 members (excludes halogenated alkanes) is 3. The molecule has 26 heavy (non-hydrogen) atoms. The summed E-state index contributed by atoms with van der Waals surface area (Å²) in [6.45, 7) is 8.17. The van der Waals surface area contributed by atoms with Gasteiger partial charge in [-0.15, -0.1) is 35.3 Å². The van der Waals surface area contributed by atoms with Crippen LogP contribution in [0.15, 0.2) is 10.4 Å². The minimum Gasteiger partial charge on any atom is -0.466 e. The third kappa shape index (κ3) is 10.9. The summed E-state index contributed by atoms with van der Waals surface area (Å²) in [6, 6.07) is 0. The molecule has 0 amide bonds. The van der Waals surface area contributed by atoms with Gasteiger partial charge in [-0.25, -0.2) is 4.98 Å². The van der Waals surface area contributed by atoms with Crippen LogP contribution in [0.25, 0.3) is 0 Å². The van der Waals surface area contributed by atoms with Crippen LogP contribution < -0.4 is 10.6 Å². The average molecular weight is 496 g/mol. The molecule has 0 aliphatic carbocycles. The minimum absolute atomic E-state index is 0. The van der Waals surface area contributed by atoms with Gasteiger partial charge in [0.25, 0.3) is 0 Å². The maximum absolute atomic E-state index is 11.2. The number of nitrogens with one attached hydrogen (secondary N) is 2. The Morgan fingerprint density at radius 3 is 2.62 bits per heavy atom. The molecule has 0 bridgehead atoms. The zero-order valence-electron chi connectivity index (χ0n) is 16.3. The number of esters is 1. The molecule has 0 saturated heterocycles. The van der Waals surface area contributed by atoms with E-state index in [0.29, 0.717) is 25.5 Å². The van der Waals surface area contributed by atoms with Gasteiger partial charge in [0.1, 0.15) is 5.01 Å². The number of nitrogens with zero attached hydrogens (tertiary/aromatic N) is 2. The van der Waals surface area contributed by atoms with E-state index in [1.807, 2.05) is 6.92 Å². The first-order valence-electron chi connectivity index (χ1n) is 9.11. The number of halogens is 1. The third-order valence-electron chi connectivity index (χ3n) is 3.70. The highest BCUT2D eigenvalue weighted by Crippen LogP contribution is 2.17. The van der Waals surface area contributed by atoms with Crippen LogP contribution in [-0.2, 0) is 16.1 Å². The molecule has 0 aliphatic heterocycles. The molecule has 6 nitrogen and oxygen atoms in total. The van der Waals surface area contributed by atoms with Gasteiger partial charge in [0.2, 0.25) is 0 Å². The van der Waals surface area contributed by atoms with Crippen molar-refractivity contribution in [2.45, 2.75) is 65.3 Å². The first-order chi connectivity index (χ1) is 12.1. The lowest BCUT2D eigenvalue weighted by atomic mass is 10.1. The van der Waals surface area contributed by atoms with Crippen molar-refractivity contribution >= 4 is 47.2 Å². The van der Waals surface area contributed by atoms with E-state index < -0.39 is 0 Å². The highest BCUT2D eigenvalue weighted by molar-refractivity contribution is 14.0. The predicted octanol–water partition coefficient (Wildman–Crippen LogP) is 4.06. The van der Waals surface area contributed by atoms with Gasteiger partial charge in [-0.3, -0.25) is 9.79 Å². The molecule has 1 aromatic heterocycles. The summed E-state index contributed by atoms with van der Waals surface area (Å²) in [5.74, 6) is 1.17. The highest BCUT2D eigenvalue weighted by atomic mass is 127. The van der Waals surface area contributed by atoms with Gasteiger partial charge < -0.3 is 15.4 Å². The molecule has 150 valence electrons. The second-order valence-electron chi connectivity index (χ2n) is 6.14. The Balaban J connectivity index is 0.00000625. The van der Waals surface area contributed by atoms with Crippen molar-refractivity contribution in [1.29, 1.82) is 0 Å². The van der Waals surface area contributed by atoms with Gasteiger partial charge in [0.15, 0.2) is 5.96 Å². The SMILES string of the molecule is CCOC(=O)CCCCCCNC(=NC)NCc1nc(C(C)C)cs1.I.